The van der Waals surface area contributed by atoms with Crippen molar-refractivity contribution in [1.29, 1.82) is 0 Å². The molecule has 0 radical (unpaired) electrons. The molecule has 1 aliphatic rings. The van der Waals surface area contributed by atoms with E-state index in [0.717, 1.165) is 44.7 Å². The number of hydrogen-bond acceptors (Lipinski definition) is 4. The molecule has 24 heavy (non-hydrogen) atoms. The smallest absolute Gasteiger partial charge is 0.266 e. The van der Waals surface area contributed by atoms with Gasteiger partial charge in [0.2, 0.25) is 0 Å². The van der Waals surface area contributed by atoms with E-state index in [1.54, 1.807) is 0 Å². The van der Waals surface area contributed by atoms with Crippen molar-refractivity contribution < 1.29 is 4.79 Å². The summed E-state index contributed by atoms with van der Waals surface area (Å²) in [5, 5.41) is 9.81. The second-order valence-electron chi connectivity index (χ2n) is 5.96. The molecule has 1 N–H and O–H groups in total. The maximum atomic E-state index is 12.6. The monoisotopic (exact) mass is 355 g/mol. The molecule has 4 nitrogen and oxygen atoms in total. The number of aromatic nitrogens is 2. The summed E-state index contributed by atoms with van der Waals surface area (Å²) >= 11 is 3.30. The number of amides is 1. The van der Waals surface area contributed by atoms with Crippen LogP contribution in [0.25, 0.3) is 5.69 Å². The van der Waals surface area contributed by atoms with E-state index in [2.05, 4.69) is 24.4 Å². The highest BCUT2D eigenvalue weighted by molar-refractivity contribution is 7.98. The van der Waals surface area contributed by atoms with Crippen LogP contribution in [0.15, 0.2) is 35.7 Å². The lowest BCUT2D eigenvalue weighted by molar-refractivity contribution is 0.102. The third-order valence-electron chi connectivity index (χ3n) is 4.02. The average Bonchev–Trinajstić information content (AvgIpc) is 3.26. The normalized spacial score (nSPS) is 13.1. The van der Waals surface area contributed by atoms with Gasteiger partial charge in [-0.1, -0.05) is 17.7 Å². The quantitative estimate of drug-likeness (QED) is 0.750. The zero-order valence-corrected chi connectivity index (χ0v) is 15.1. The van der Waals surface area contributed by atoms with Crippen LogP contribution in [0.4, 0.5) is 5.82 Å². The Morgan fingerprint density at radius 1 is 1.17 bits per heavy atom. The molecule has 0 atom stereocenters. The molecular weight excluding hydrogens is 338 g/mol. The zero-order valence-electron chi connectivity index (χ0n) is 13.5. The number of thiophene rings is 1. The van der Waals surface area contributed by atoms with Crippen molar-refractivity contribution in [3.63, 3.8) is 0 Å². The number of carbonyl (C=O) groups excluding carboxylic acids is 1. The molecule has 1 aromatic carbocycles. The third-order valence-corrected chi connectivity index (χ3v) is 6.03. The van der Waals surface area contributed by atoms with E-state index in [1.165, 1.54) is 16.9 Å². The maximum Gasteiger partial charge on any atom is 0.266 e. The van der Waals surface area contributed by atoms with Crippen LogP contribution in [0, 0.1) is 13.8 Å². The van der Waals surface area contributed by atoms with Crippen LogP contribution in [-0.4, -0.2) is 15.7 Å². The highest BCUT2D eigenvalue weighted by atomic mass is 32.2. The van der Waals surface area contributed by atoms with E-state index in [0.29, 0.717) is 0 Å². The first-order valence-corrected chi connectivity index (χ1v) is 9.77. The maximum absolute atomic E-state index is 12.6. The van der Waals surface area contributed by atoms with Crippen molar-refractivity contribution >= 4 is 34.8 Å². The van der Waals surface area contributed by atoms with Gasteiger partial charge in [0.15, 0.2) is 0 Å². The summed E-state index contributed by atoms with van der Waals surface area (Å²) in [6.07, 6.45) is 0. The fourth-order valence-electron chi connectivity index (χ4n) is 2.73. The van der Waals surface area contributed by atoms with Gasteiger partial charge >= 0.3 is 0 Å². The van der Waals surface area contributed by atoms with Crippen molar-refractivity contribution in [1.82, 2.24) is 9.78 Å². The average molecular weight is 355 g/mol. The second kappa shape index (κ2) is 6.11. The highest BCUT2D eigenvalue weighted by Gasteiger charge is 2.25. The molecule has 0 aliphatic carbocycles. The number of aryl methyl sites for hydroxylation is 2. The molecule has 0 saturated heterocycles. The first-order valence-electron chi connectivity index (χ1n) is 7.74. The van der Waals surface area contributed by atoms with Gasteiger partial charge in [-0.25, -0.2) is 4.68 Å². The second-order valence-corrected chi connectivity index (χ2v) is 7.85. The first-order chi connectivity index (χ1) is 11.6. The topological polar surface area (TPSA) is 46.9 Å². The van der Waals surface area contributed by atoms with Crippen LogP contribution in [0.2, 0.25) is 0 Å². The van der Waals surface area contributed by atoms with Crippen LogP contribution in [-0.2, 0) is 11.5 Å². The predicted molar refractivity (Wildman–Crippen MR) is 100 cm³/mol. The summed E-state index contributed by atoms with van der Waals surface area (Å²) in [7, 11) is 0. The number of benzene rings is 1. The molecule has 0 saturated carbocycles. The Bertz CT molecular complexity index is 909. The molecule has 3 aromatic rings. The molecule has 122 valence electrons. The summed E-state index contributed by atoms with van der Waals surface area (Å²) in [6, 6.07) is 10.1. The van der Waals surface area contributed by atoms with E-state index >= 15 is 0 Å². The Labute approximate surface area is 148 Å². The van der Waals surface area contributed by atoms with Crippen LogP contribution < -0.4 is 5.32 Å². The van der Waals surface area contributed by atoms with E-state index in [9.17, 15) is 4.79 Å². The van der Waals surface area contributed by atoms with Crippen molar-refractivity contribution in [2.45, 2.75) is 25.4 Å². The fourth-order valence-corrected chi connectivity index (χ4v) is 4.56. The lowest BCUT2D eigenvalue weighted by Crippen LogP contribution is -2.15. The number of fused-ring (bicyclic) bond motifs is 1. The molecule has 3 heterocycles. The van der Waals surface area contributed by atoms with Gasteiger partial charge in [0.25, 0.3) is 5.91 Å². The van der Waals surface area contributed by atoms with Crippen LogP contribution in [0.3, 0.4) is 0 Å². The van der Waals surface area contributed by atoms with Crippen molar-refractivity contribution in [2.24, 2.45) is 0 Å². The summed E-state index contributed by atoms with van der Waals surface area (Å²) in [5.74, 6) is 2.52. The SMILES string of the molecule is Cc1ccc(-n2nc3c(c2NC(=O)c2cc(C)cs2)CSC3)cc1. The largest absolute Gasteiger partial charge is 0.305 e. The predicted octanol–water partition coefficient (Wildman–Crippen LogP) is 4.55. The molecule has 6 heteroatoms. The summed E-state index contributed by atoms with van der Waals surface area (Å²) in [4.78, 5) is 13.3. The Morgan fingerprint density at radius 2 is 1.96 bits per heavy atom. The van der Waals surface area contributed by atoms with Gasteiger partial charge in [0, 0.05) is 17.1 Å². The first kappa shape index (κ1) is 15.5. The minimum Gasteiger partial charge on any atom is -0.305 e. The lowest BCUT2D eigenvalue weighted by atomic mass is 10.2. The summed E-state index contributed by atoms with van der Waals surface area (Å²) in [6.45, 7) is 4.06. The highest BCUT2D eigenvalue weighted by Crippen LogP contribution is 2.36. The molecule has 2 aromatic heterocycles. The van der Waals surface area contributed by atoms with Crippen molar-refractivity contribution in [2.75, 3.05) is 5.32 Å². The van der Waals surface area contributed by atoms with Gasteiger partial charge < -0.3 is 5.32 Å². The van der Waals surface area contributed by atoms with Gasteiger partial charge in [0.05, 0.1) is 16.3 Å². The number of anilines is 1. The summed E-state index contributed by atoms with van der Waals surface area (Å²) in [5.41, 5.74) is 5.49. The van der Waals surface area contributed by atoms with Crippen LogP contribution >= 0.6 is 23.1 Å². The molecule has 0 unspecified atom stereocenters. The molecule has 0 bridgehead atoms. The third kappa shape index (κ3) is 2.76. The van der Waals surface area contributed by atoms with Crippen LogP contribution in [0.1, 0.15) is 32.1 Å². The molecule has 0 fully saturated rings. The number of hydrogen-bond donors (Lipinski definition) is 1. The Morgan fingerprint density at radius 3 is 2.67 bits per heavy atom. The molecule has 0 spiro atoms. The standard InChI is InChI=1S/C18H17N3OS2/c1-11-3-5-13(6-4-11)21-17(14-9-23-10-15(14)20-21)19-18(22)16-7-12(2)8-24-16/h3-8H,9-10H2,1-2H3,(H,19,22). The molecule has 1 aliphatic heterocycles. The number of thioether (sulfide) groups is 1. The number of rotatable bonds is 3. The Hall–Kier alpha value is -2.05. The minimum atomic E-state index is -0.0685. The minimum absolute atomic E-state index is 0.0685. The fraction of sp³-hybridized carbons (Fsp3) is 0.222. The van der Waals surface area contributed by atoms with E-state index in [-0.39, 0.29) is 5.91 Å². The number of nitrogens with zero attached hydrogens (tertiary/aromatic N) is 2. The van der Waals surface area contributed by atoms with Gasteiger partial charge in [-0.2, -0.15) is 16.9 Å². The Kier molecular flexibility index (Phi) is 3.94. The molecule has 1 amide bonds. The summed E-state index contributed by atoms with van der Waals surface area (Å²) < 4.78 is 1.86. The van der Waals surface area contributed by atoms with Gasteiger partial charge in [0.1, 0.15) is 5.82 Å². The molecule has 4 rings (SSSR count). The molecular formula is C18H17N3OS2. The van der Waals surface area contributed by atoms with Crippen LogP contribution in [0.5, 0.6) is 0 Å². The van der Waals surface area contributed by atoms with E-state index in [4.69, 9.17) is 5.10 Å². The van der Waals surface area contributed by atoms with Crippen molar-refractivity contribution in [3.05, 3.63) is 63.0 Å². The van der Waals surface area contributed by atoms with Crippen molar-refractivity contribution in [3.8, 4) is 5.69 Å². The van der Waals surface area contributed by atoms with E-state index < -0.39 is 0 Å². The number of nitrogens with one attached hydrogen (secondary N) is 1. The van der Waals surface area contributed by atoms with Gasteiger partial charge in [-0.05, 0) is 43.0 Å². The zero-order chi connectivity index (χ0) is 16.7. The number of carbonyl (C=O) groups is 1. The van der Waals surface area contributed by atoms with Gasteiger partial charge in [-0.3, -0.25) is 4.79 Å². The van der Waals surface area contributed by atoms with Gasteiger partial charge in [-0.15, -0.1) is 11.3 Å². The van der Waals surface area contributed by atoms with E-state index in [1.807, 2.05) is 46.9 Å². The lowest BCUT2D eigenvalue weighted by Gasteiger charge is -2.10. The Balaban J connectivity index is 1.73.